The Bertz CT molecular complexity index is 576. The summed E-state index contributed by atoms with van der Waals surface area (Å²) in [5, 5.41) is 0. The second kappa shape index (κ2) is 6.52. The molecule has 4 heteroatoms. The van der Waals surface area contributed by atoms with Gasteiger partial charge in [-0.1, -0.05) is 23.8 Å². The van der Waals surface area contributed by atoms with Crippen LogP contribution in [0.3, 0.4) is 0 Å². The molecule has 2 rings (SSSR count). The lowest BCUT2D eigenvalue weighted by atomic mass is 10.0. The normalized spacial score (nSPS) is 21.6. The average Bonchev–Trinajstić information content (AvgIpc) is 2.81. The van der Waals surface area contributed by atoms with Crippen molar-refractivity contribution in [2.45, 2.75) is 65.8 Å². The van der Waals surface area contributed by atoms with Crippen LogP contribution >= 0.6 is 0 Å². The van der Waals surface area contributed by atoms with E-state index in [0.29, 0.717) is 19.7 Å². The maximum absolute atomic E-state index is 12.2. The number of hydrogen-bond donors (Lipinski definition) is 0. The Labute approximate surface area is 139 Å². The van der Waals surface area contributed by atoms with Gasteiger partial charge in [0.15, 0.2) is 0 Å². The van der Waals surface area contributed by atoms with E-state index in [1.807, 2.05) is 20.8 Å². The first-order chi connectivity index (χ1) is 10.6. The Kier molecular flexibility index (Phi) is 5.04. The van der Waals surface area contributed by atoms with Crippen molar-refractivity contribution < 1.29 is 14.3 Å². The standard InChI is InChI=1S/C19H29NO3/c1-14-7-8-15(2)16(11-14)12-22-19(6)9-10-20(13-19)17(21)23-18(3,4)5/h7-8,11H,9-10,12-13H2,1-6H3. The second-order valence-corrected chi connectivity index (χ2v) is 7.82. The number of ether oxygens (including phenoxy) is 2. The summed E-state index contributed by atoms with van der Waals surface area (Å²) in [6.45, 7) is 13.7. The largest absolute Gasteiger partial charge is 0.444 e. The molecule has 1 aromatic rings. The summed E-state index contributed by atoms with van der Waals surface area (Å²) >= 11 is 0. The summed E-state index contributed by atoms with van der Waals surface area (Å²) in [5.41, 5.74) is 2.91. The van der Waals surface area contributed by atoms with Crippen LogP contribution in [0, 0.1) is 13.8 Å². The fourth-order valence-electron chi connectivity index (χ4n) is 2.74. The highest BCUT2D eigenvalue weighted by atomic mass is 16.6. The lowest BCUT2D eigenvalue weighted by Crippen LogP contribution is -2.39. The summed E-state index contributed by atoms with van der Waals surface area (Å²) in [6, 6.07) is 6.40. The Morgan fingerprint density at radius 1 is 1.30 bits per heavy atom. The summed E-state index contributed by atoms with van der Waals surface area (Å²) in [6.07, 6.45) is 0.577. The highest BCUT2D eigenvalue weighted by molar-refractivity contribution is 5.68. The SMILES string of the molecule is Cc1ccc(C)c(COC2(C)CCN(C(=O)OC(C)(C)C)C2)c1. The molecule has 1 aromatic carbocycles. The van der Waals surface area contributed by atoms with Crippen LogP contribution in [0.5, 0.6) is 0 Å². The van der Waals surface area contributed by atoms with Crippen LogP contribution in [0.1, 0.15) is 50.8 Å². The van der Waals surface area contributed by atoms with Gasteiger partial charge in [0.05, 0.1) is 18.8 Å². The van der Waals surface area contributed by atoms with Gasteiger partial charge in [-0.3, -0.25) is 0 Å². The highest BCUT2D eigenvalue weighted by Gasteiger charge is 2.38. The van der Waals surface area contributed by atoms with E-state index in [9.17, 15) is 4.79 Å². The molecule has 1 unspecified atom stereocenters. The van der Waals surface area contributed by atoms with E-state index in [1.165, 1.54) is 16.7 Å². The number of likely N-dealkylation sites (tertiary alicyclic amines) is 1. The number of hydrogen-bond acceptors (Lipinski definition) is 3. The number of rotatable bonds is 3. The zero-order chi connectivity index (χ0) is 17.3. The number of benzene rings is 1. The predicted octanol–water partition coefficient (Wildman–Crippen LogP) is 4.22. The van der Waals surface area contributed by atoms with E-state index in [4.69, 9.17) is 9.47 Å². The number of aryl methyl sites for hydroxylation is 2. The molecule has 1 aliphatic rings. The van der Waals surface area contributed by atoms with E-state index in [-0.39, 0.29) is 11.7 Å². The van der Waals surface area contributed by atoms with Gasteiger partial charge in [-0.25, -0.2) is 4.79 Å². The van der Waals surface area contributed by atoms with Crippen molar-refractivity contribution >= 4 is 6.09 Å². The quantitative estimate of drug-likeness (QED) is 0.837. The van der Waals surface area contributed by atoms with Crippen LogP contribution in [-0.4, -0.2) is 35.3 Å². The van der Waals surface area contributed by atoms with E-state index in [0.717, 1.165) is 6.42 Å². The summed E-state index contributed by atoms with van der Waals surface area (Å²) < 4.78 is 11.6. The fourth-order valence-corrected chi connectivity index (χ4v) is 2.74. The number of amides is 1. The summed E-state index contributed by atoms with van der Waals surface area (Å²) in [4.78, 5) is 13.9. The maximum Gasteiger partial charge on any atom is 0.410 e. The van der Waals surface area contributed by atoms with Gasteiger partial charge in [-0.15, -0.1) is 0 Å². The summed E-state index contributed by atoms with van der Waals surface area (Å²) in [7, 11) is 0. The molecule has 0 N–H and O–H groups in total. The van der Waals surface area contributed by atoms with Crippen molar-refractivity contribution in [2.75, 3.05) is 13.1 Å². The van der Waals surface area contributed by atoms with Gasteiger partial charge in [0.2, 0.25) is 0 Å². The lowest BCUT2D eigenvalue weighted by molar-refractivity contribution is -0.0376. The van der Waals surface area contributed by atoms with Crippen LogP contribution in [-0.2, 0) is 16.1 Å². The molecule has 23 heavy (non-hydrogen) atoms. The van der Waals surface area contributed by atoms with Gasteiger partial charge in [0, 0.05) is 6.54 Å². The Hall–Kier alpha value is -1.55. The third-order valence-corrected chi connectivity index (χ3v) is 4.17. The molecule has 0 radical (unpaired) electrons. The van der Waals surface area contributed by atoms with Crippen LogP contribution in [0.15, 0.2) is 18.2 Å². The third kappa shape index (κ3) is 4.96. The molecular weight excluding hydrogens is 290 g/mol. The number of nitrogens with zero attached hydrogens (tertiary/aromatic N) is 1. The second-order valence-electron chi connectivity index (χ2n) is 7.82. The van der Waals surface area contributed by atoms with Crippen molar-refractivity contribution in [2.24, 2.45) is 0 Å². The lowest BCUT2D eigenvalue weighted by Gasteiger charge is -2.27. The minimum atomic E-state index is -0.463. The highest BCUT2D eigenvalue weighted by Crippen LogP contribution is 2.28. The Balaban J connectivity index is 1.94. The van der Waals surface area contributed by atoms with Gasteiger partial charge in [0.1, 0.15) is 5.60 Å². The molecule has 4 nitrogen and oxygen atoms in total. The molecule has 1 fully saturated rings. The van der Waals surface area contributed by atoms with Crippen LogP contribution in [0.2, 0.25) is 0 Å². The van der Waals surface area contributed by atoms with Gasteiger partial charge < -0.3 is 14.4 Å². The minimum Gasteiger partial charge on any atom is -0.444 e. The molecule has 0 bridgehead atoms. The topological polar surface area (TPSA) is 38.8 Å². The first kappa shape index (κ1) is 17.8. The third-order valence-electron chi connectivity index (χ3n) is 4.17. The maximum atomic E-state index is 12.2. The van der Waals surface area contributed by atoms with Crippen LogP contribution < -0.4 is 0 Å². The molecule has 0 aromatic heterocycles. The van der Waals surface area contributed by atoms with Crippen molar-refractivity contribution in [3.8, 4) is 0 Å². The predicted molar refractivity (Wildman–Crippen MR) is 91.5 cm³/mol. The van der Waals surface area contributed by atoms with Crippen LogP contribution in [0.4, 0.5) is 4.79 Å². The molecule has 1 atom stereocenters. The molecule has 1 saturated heterocycles. The monoisotopic (exact) mass is 319 g/mol. The smallest absolute Gasteiger partial charge is 0.410 e. The zero-order valence-electron chi connectivity index (χ0n) is 15.2. The number of carbonyl (C=O) groups is 1. The molecule has 128 valence electrons. The molecule has 0 saturated carbocycles. The summed E-state index contributed by atoms with van der Waals surface area (Å²) in [5.74, 6) is 0. The molecule has 0 spiro atoms. The van der Waals surface area contributed by atoms with E-state index < -0.39 is 5.60 Å². The number of carbonyl (C=O) groups excluding carboxylic acids is 1. The van der Waals surface area contributed by atoms with Gasteiger partial charge in [-0.05, 0) is 59.1 Å². The Morgan fingerprint density at radius 2 is 2.00 bits per heavy atom. The molecule has 1 amide bonds. The molecule has 0 aliphatic carbocycles. The van der Waals surface area contributed by atoms with Crippen LogP contribution in [0.25, 0.3) is 0 Å². The average molecular weight is 319 g/mol. The van der Waals surface area contributed by atoms with Crippen molar-refractivity contribution in [1.82, 2.24) is 4.90 Å². The molecule has 1 aliphatic heterocycles. The van der Waals surface area contributed by atoms with E-state index in [1.54, 1.807) is 4.90 Å². The van der Waals surface area contributed by atoms with Crippen molar-refractivity contribution in [1.29, 1.82) is 0 Å². The van der Waals surface area contributed by atoms with Gasteiger partial charge in [0.25, 0.3) is 0 Å². The van der Waals surface area contributed by atoms with Gasteiger partial charge >= 0.3 is 6.09 Å². The van der Waals surface area contributed by atoms with Crippen molar-refractivity contribution in [3.05, 3.63) is 34.9 Å². The Morgan fingerprint density at radius 3 is 2.65 bits per heavy atom. The zero-order valence-corrected chi connectivity index (χ0v) is 15.2. The minimum absolute atomic E-state index is 0.253. The first-order valence-electron chi connectivity index (χ1n) is 8.26. The molecule has 1 heterocycles. The van der Waals surface area contributed by atoms with Gasteiger partial charge in [-0.2, -0.15) is 0 Å². The first-order valence-corrected chi connectivity index (χ1v) is 8.26. The van der Waals surface area contributed by atoms with E-state index >= 15 is 0 Å². The molecular formula is C19H29NO3. The van der Waals surface area contributed by atoms with E-state index in [2.05, 4.69) is 39.0 Å². The van der Waals surface area contributed by atoms with Crippen molar-refractivity contribution in [3.63, 3.8) is 0 Å². The fraction of sp³-hybridized carbons (Fsp3) is 0.632.